The number of carbonyl (C=O) groups is 2. The van der Waals surface area contributed by atoms with Gasteiger partial charge in [-0.2, -0.15) is 0 Å². The van der Waals surface area contributed by atoms with Gasteiger partial charge in [-0.25, -0.2) is 4.98 Å². The van der Waals surface area contributed by atoms with Crippen molar-refractivity contribution < 1.29 is 9.59 Å². The molecule has 2 amide bonds. The Balaban J connectivity index is 1.73. The standard InChI is InChI=1S/C17H24N4O2/c1-19(2)15-11-13(7-8-18-15)14-5-3-10-21(14)17(23)12-20-9-4-6-16(20)22/h7-8,11,14H,3-6,9-10,12H2,1-2H3/t14-/m0/s1. The van der Waals surface area contributed by atoms with Crippen LogP contribution in [0.1, 0.15) is 37.3 Å². The Morgan fingerprint density at radius 2 is 2.17 bits per heavy atom. The van der Waals surface area contributed by atoms with E-state index in [2.05, 4.69) is 11.1 Å². The summed E-state index contributed by atoms with van der Waals surface area (Å²) in [6.07, 6.45) is 5.22. The maximum Gasteiger partial charge on any atom is 0.242 e. The average Bonchev–Trinajstić information content (AvgIpc) is 3.17. The predicted octanol–water partition coefficient (Wildman–Crippen LogP) is 1.43. The highest BCUT2D eigenvalue weighted by molar-refractivity contribution is 5.86. The second kappa shape index (κ2) is 6.56. The molecule has 124 valence electrons. The van der Waals surface area contributed by atoms with E-state index in [-0.39, 0.29) is 24.4 Å². The van der Waals surface area contributed by atoms with E-state index >= 15 is 0 Å². The van der Waals surface area contributed by atoms with Gasteiger partial charge in [0.15, 0.2) is 0 Å². The van der Waals surface area contributed by atoms with Crippen molar-refractivity contribution in [1.29, 1.82) is 0 Å². The molecule has 6 nitrogen and oxygen atoms in total. The first-order valence-corrected chi connectivity index (χ1v) is 8.27. The summed E-state index contributed by atoms with van der Waals surface area (Å²) in [5.74, 6) is 1.07. The van der Waals surface area contributed by atoms with E-state index in [1.54, 1.807) is 11.1 Å². The van der Waals surface area contributed by atoms with E-state index in [4.69, 9.17) is 0 Å². The first-order valence-electron chi connectivity index (χ1n) is 8.27. The highest BCUT2D eigenvalue weighted by Crippen LogP contribution is 2.33. The lowest BCUT2D eigenvalue weighted by atomic mass is 10.1. The normalized spacial score (nSPS) is 21.1. The SMILES string of the molecule is CN(C)c1cc([C@@H]2CCCN2C(=O)CN2CCCC2=O)ccn1. The molecule has 0 spiro atoms. The van der Waals surface area contributed by atoms with E-state index < -0.39 is 0 Å². The van der Waals surface area contributed by atoms with Gasteiger partial charge >= 0.3 is 0 Å². The second-order valence-electron chi connectivity index (χ2n) is 6.51. The summed E-state index contributed by atoms with van der Waals surface area (Å²) in [5.41, 5.74) is 1.13. The molecule has 0 bridgehead atoms. The van der Waals surface area contributed by atoms with Gasteiger partial charge in [0.2, 0.25) is 11.8 Å². The smallest absolute Gasteiger partial charge is 0.242 e. The number of anilines is 1. The zero-order valence-electron chi connectivity index (χ0n) is 13.9. The van der Waals surface area contributed by atoms with Crippen LogP contribution in [0.3, 0.4) is 0 Å². The van der Waals surface area contributed by atoms with Gasteiger partial charge in [0.05, 0.1) is 12.6 Å². The number of likely N-dealkylation sites (tertiary alicyclic amines) is 2. The molecule has 2 saturated heterocycles. The maximum absolute atomic E-state index is 12.7. The largest absolute Gasteiger partial charge is 0.363 e. The van der Waals surface area contributed by atoms with Crippen LogP contribution in [0.25, 0.3) is 0 Å². The van der Waals surface area contributed by atoms with E-state index in [9.17, 15) is 9.59 Å². The first kappa shape index (κ1) is 15.8. The number of rotatable bonds is 4. The zero-order chi connectivity index (χ0) is 16.4. The van der Waals surface area contributed by atoms with Crippen molar-refractivity contribution in [3.8, 4) is 0 Å². The molecule has 1 aromatic rings. The van der Waals surface area contributed by atoms with E-state index in [0.717, 1.165) is 37.2 Å². The average molecular weight is 316 g/mol. The molecule has 2 aliphatic heterocycles. The molecule has 1 atom stereocenters. The van der Waals surface area contributed by atoms with Crippen molar-refractivity contribution >= 4 is 17.6 Å². The van der Waals surface area contributed by atoms with Crippen LogP contribution in [0.15, 0.2) is 18.3 Å². The third-order valence-corrected chi connectivity index (χ3v) is 4.68. The molecule has 0 aromatic carbocycles. The lowest BCUT2D eigenvalue weighted by Gasteiger charge is -2.27. The number of amides is 2. The van der Waals surface area contributed by atoms with Crippen LogP contribution in [0.5, 0.6) is 0 Å². The molecule has 0 unspecified atom stereocenters. The van der Waals surface area contributed by atoms with Crippen molar-refractivity contribution in [2.45, 2.75) is 31.7 Å². The van der Waals surface area contributed by atoms with Crippen LogP contribution in [-0.2, 0) is 9.59 Å². The maximum atomic E-state index is 12.7. The summed E-state index contributed by atoms with van der Waals surface area (Å²) in [6, 6.07) is 4.14. The summed E-state index contributed by atoms with van der Waals surface area (Å²) in [5, 5.41) is 0. The highest BCUT2D eigenvalue weighted by atomic mass is 16.2. The second-order valence-corrected chi connectivity index (χ2v) is 6.51. The number of pyridine rings is 1. The molecule has 2 fully saturated rings. The number of carbonyl (C=O) groups excluding carboxylic acids is 2. The molecule has 0 aliphatic carbocycles. The quantitative estimate of drug-likeness (QED) is 0.843. The topological polar surface area (TPSA) is 56.8 Å². The Hall–Kier alpha value is -2.11. The van der Waals surface area contributed by atoms with Crippen molar-refractivity contribution in [3.63, 3.8) is 0 Å². The molecule has 1 aromatic heterocycles. The Morgan fingerprint density at radius 3 is 2.87 bits per heavy atom. The van der Waals surface area contributed by atoms with Crippen LogP contribution in [-0.4, -0.2) is 60.3 Å². The van der Waals surface area contributed by atoms with Gasteiger partial charge in [-0.3, -0.25) is 9.59 Å². The summed E-state index contributed by atoms with van der Waals surface area (Å²) < 4.78 is 0. The fourth-order valence-corrected chi connectivity index (χ4v) is 3.42. The molecule has 3 heterocycles. The third kappa shape index (κ3) is 3.30. The van der Waals surface area contributed by atoms with Crippen molar-refractivity contribution in [2.24, 2.45) is 0 Å². The van der Waals surface area contributed by atoms with Crippen LogP contribution in [0, 0.1) is 0 Å². The Bertz CT molecular complexity index is 602. The van der Waals surface area contributed by atoms with Gasteiger partial charge < -0.3 is 14.7 Å². The third-order valence-electron chi connectivity index (χ3n) is 4.68. The van der Waals surface area contributed by atoms with Gasteiger partial charge in [0.25, 0.3) is 0 Å². The van der Waals surface area contributed by atoms with Crippen molar-refractivity contribution in [1.82, 2.24) is 14.8 Å². The van der Waals surface area contributed by atoms with E-state index in [1.807, 2.05) is 30.0 Å². The minimum absolute atomic E-state index is 0.0611. The first-order chi connectivity index (χ1) is 11.1. The van der Waals surface area contributed by atoms with Gasteiger partial charge in [-0.15, -0.1) is 0 Å². The Labute approximate surface area is 137 Å². The molecular weight excluding hydrogens is 292 g/mol. The van der Waals surface area contributed by atoms with Crippen LogP contribution < -0.4 is 4.90 Å². The van der Waals surface area contributed by atoms with Gasteiger partial charge in [0.1, 0.15) is 5.82 Å². The van der Waals surface area contributed by atoms with Crippen molar-refractivity contribution in [3.05, 3.63) is 23.9 Å². The molecule has 23 heavy (non-hydrogen) atoms. The molecule has 0 saturated carbocycles. The van der Waals surface area contributed by atoms with E-state index in [1.165, 1.54) is 0 Å². The summed E-state index contributed by atoms with van der Waals surface area (Å²) in [7, 11) is 3.92. The summed E-state index contributed by atoms with van der Waals surface area (Å²) in [6.45, 7) is 1.70. The summed E-state index contributed by atoms with van der Waals surface area (Å²) in [4.78, 5) is 34.3. The van der Waals surface area contributed by atoms with Gasteiger partial charge in [0, 0.05) is 39.8 Å². The lowest BCUT2D eigenvalue weighted by Crippen LogP contribution is -2.40. The monoisotopic (exact) mass is 316 g/mol. The lowest BCUT2D eigenvalue weighted by molar-refractivity contribution is -0.139. The molecular formula is C17H24N4O2. The molecule has 2 aliphatic rings. The molecule has 0 radical (unpaired) electrons. The van der Waals surface area contributed by atoms with Gasteiger partial charge in [-0.05, 0) is 37.0 Å². The molecule has 6 heteroatoms. The number of aromatic nitrogens is 1. The minimum Gasteiger partial charge on any atom is -0.363 e. The predicted molar refractivity (Wildman–Crippen MR) is 88.1 cm³/mol. The van der Waals surface area contributed by atoms with Crippen LogP contribution >= 0.6 is 0 Å². The minimum atomic E-state index is 0.0611. The zero-order valence-corrected chi connectivity index (χ0v) is 13.9. The number of nitrogens with zero attached hydrogens (tertiary/aromatic N) is 4. The highest BCUT2D eigenvalue weighted by Gasteiger charge is 2.32. The van der Waals surface area contributed by atoms with E-state index in [0.29, 0.717) is 13.0 Å². The fraction of sp³-hybridized carbons (Fsp3) is 0.588. The number of hydrogen-bond donors (Lipinski definition) is 0. The molecule has 0 N–H and O–H groups in total. The fourth-order valence-electron chi connectivity index (χ4n) is 3.42. The summed E-state index contributed by atoms with van der Waals surface area (Å²) >= 11 is 0. The Kier molecular flexibility index (Phi) is 4.50. The number of hydrogen-bond acceptors (Lipinski definition) is 4. The Morgan fingerprint density at radius 1 is 1.35 bits per heavy atom. The van der Waals surface area contributed by atoms with Crippen molar-refractivity contribution in [2.75, 3.05) is 38.6 Å². The van der Waals surface area contributed by atoms with Crippen LogP contribution in [0.4, 0.5) is 5.82 Å². The van der Waals surface area contributed by atoms with Crippen LogP contribution in [0.2, 0.25) is 0 Å². The van der Waals surface area contributed by atoms with Gasteiger partial charge in [-0.1, -0.05) is 0 Å². The molecule has 3 rings (SSSR count).